The van der Waals surface area contributed by atoms with Crippen LogP contribution in [0.4, 0.5) is 0 Å². The highest BCUT2D eigenvalue weighted by atomic mass is 16.3. The summed E-state index contributed by atoms with van der Waals surface area (Å²) < 4.78 is 0. The van der Waals surface area contributed by atoms with Gasteiger partial charge in [-0.25, -0.2) is 0 Å². The number of rotatable bonds is 2. The summed E-state index contributed by atoms with van der Waals surface area (Å²) in [6, 6.07) is 0. The lowest BCUT2D eigenvalue weighted by Gasteiger charge is -2.31. The van der Waals surface area contributed by atoms with Gasteiger partial charge < -0.3 is 5.11 Å². The maximum atomic E-state index is 9.72. The largest absolute Gasteiger partial charge is 0.393 e. The summed E-state index contributed by atoms with van der Waals surface area (Å²) in [5.74, 6) is 0. The van der Waals surface area contributed by atoms with Crippen molar-refractivity contribution < 1.29 is 5.11 Å². The lowest BCUT2D eigenvalue weighted by Crippen LogP contribution is -2.30. The molecule has 0 aliphatic heterocycles. The third-order valence-electron chi connectivity index (χ3n) is 4.49. The highest BCUT2D eigenvalue weighted by Crippen LogP contribution is 2.32. The number of aliphatic hydroxyl groups is 1. The molecule has 186 valence electrons. The van der Waals surface area contributed by atoms with E-state index < -0.39 is 0 Å². The first-order chi connectivity index (χ1) is 12.5. The van der Waals surface area contributed by atoms with Gasteiger partial charge in [0.2, 0.25) is 0 Å². The molecule has 0 aliphatic rings. The Hall–Kier alpha value is -0.0400. The maximum absolute atomic E-state index is 9.72. The zero-order valence-corrected chi connectivity index (χ0v) is 24.9. The van der Waals surface area contributed by atoms with Crippen molar-refractivity contribution in [3.63, 3.8) is 0 Å². The van der Waals surface area contributed by atoms with Crippen LogP contribution in [-0.2, 0) is 0 Å². The topological polar surface area (TPSA) is 20.2 Å². The molecule has 0 heterocycles. The Morgan fingerprint density at radius 2 is 0.700 bits per heavy atom. The molecule has 0 spiro atoms. The SMILES string of the molecule is CC(C)(C)CC(C)(C)C.CC(C)(C)CCC(C)(C)C.CC(C)(C)C[C@@H](O)C(C)(C)C. The molecule has 0 fully saturated rings. The van der Waals surface area contributed by atoms with E-state index in [4.69, 9.17) is 0 Å². The summed E-state index contributed by atoms with van der Waals surface area (Å²) in [5, 5.41) is 9.72. The number of aliphatic hydroxyl groups excluding tert-OH is 1. The van der Waals surface area contributed by atoms with Crippen molar-refractivity contribution in [2.75, 3.05) is 0 Å². The number of hydrogen-bond acceptors (Lipinski definition) is 1. The normalized spacial score (nSPS) is 14.9. The molecule has 1 N–H and O–H groups in total. The van der Waals surface area contributed by atoms with Gasteiger partial charge in [-0.05, 0) is 58.2 Å². The maximum Gasteiger partial charge on any atom is 0.0593 e. The Bertz CT molecular complexity index is 390. The minimum Gasteiger partial charge on any atom is -0.393 e. The fraction of sp³-hybridized carbons (Fsp3) is 1.00. The summed E-state index contributed by atoms with van der Waals surface area (Å²) in [6.45, 7) is 40.2. The minimum absolute atomic E-state index is 0.0211. The van der Waals surface area contributed by atoms with E-state index in [1.54, 1.807) is 0 Å². The van der Waals surface area contributed by atoms with E-state index in [1.807, 2.05) is 0 Å². The third kappa shape index (κ3) is 35.4. The van der Waals surface area contributed by atoms with Crippen LogP contribution in [0.2, 0.25) is 0 Å². The predicted octanol–water partition coefficient (Wildman–Crippen LogP) is 10.2. The van der Waals surface area contributed by atoms with Crippen LogP contribution in [0.15, 0.2) is 0 Å². The van der Waals surface area contributed by atoms with E-state index in [0.717, 1.165) is 6.42 Å². The van der Waals surface area contributed by atoms with Gasteiger partial charge in [0.15, 0.2) is 0 Å². The van der Waals surface area contributed by atoms with Crippen LogP contribution < -0.4 is 0 Å². The van der Waals surface area contributed by atoms with Gasteiger partial charge in [-0.3, -0.25) is 0 Å². The van der Waals surface area contributed by atoms with E-state index in [-0.39, 0.29) is 16.9 Å². The summed E-state index contributed by atoms with van der Waals surface area (Å²) in [6.07, 6.45) is 4.63. The Labute approximate surface area is 194 Å². The first-order valence-corrected chi connectivity index (χ1v) is 12.2. The van der Waals surface area contributed by atoms with Crippen molar-refractivity contribution in [2.24, 2.45) is 32.5 Å². The molecular formula is C29H64O. The van der Waals surface area contributed by atoms with Crippen molar-refractivity contribution in [3.05, 3.63) is 0 Å². The van der Waals surface area contributed by atoms with Crippen LogP contribution in [-0.4, -0.2) is 11.2 Å². The average Bonchev–Trinajstić information content (AvgIpc) is 2.28. The zero-order chi connectivity index (χ0) is 25.4. The van der Waals surface area contributed by atoms with E-state index >= 15 is 0 Å². The Morgan fingerprint density at radius 3 is 0.767 bits per heavy atom. The highest BCUT2D eigenvalue weighted by molar-refractivity contribution is 4.77. The summed E-state index contributed by atoms with van der Waals surface area (Å²) in [7, 11) is 0. The molecule has 0 rings (SSSR count). The molecule has 0 amide bonds. The van der Waals surface area contributed by atoms with Crippen molar-refractivity contribution in [3.8, 4) is 0 Å². The van der Waals surface area contributed by atoms with Crippen LogP contribution in [0.3, 0.4) is 0 Å². The zero-order valence-electron chi connectivity index (χ0n) is 24.9. The van der Waals surface area contributed by atoms with Gasteiger partial charge in [0, 0.05) is 0 Å². The predicted molar refractivity (Wildman–Crippen MR) is 141 cm³/mol. The molecule has 0 saturated heterocycles. The molecule has 1 atom stereocenters. The second kappa shape index (κ2) is 12.3. The molecule has 0 aromatic rings. The van der Waals surface area contributed by atoms with Crippen LogP contribution in [0.25, 0.3) is 0 Å². The van der Waals surface area contributed by atoms with E-state index in [9.17, 15) is 5.11 Å². The van der Waals surface area contributed by atoms with Gasteiger partial charge in [-0.2, -0.15) is 0 Å². The van der Waals surface area contributed by atoms with E-state index in [2.05, 4.69) is 125 Å². The van der Waals surface area contributed by atoms with Gasteiger partial charge in [-0.1, -0.05) is 125 Å². The quantitative estimate of drug-likeness (QED) is 0.463. The molecule has 1 nitrogen and oxygen atoms in total. The average molecular weight is 429 g/mol. The monoisotopic (exact) mass is 428 g/mol. The van der Waals surface area contributed by atoms with Gasteiger partial charge >= 0.3 is 0 Å². The minimum atomic E-state index is -0.192. The molecule has 0 aromatic carbocycles. The molecule has 0 aliphatic carbocycles. The van der Waals surface area contributed by atoms with Crippen molar-refractivity contribution >= 4 is 0 Å². The smallest absolute Gasteiger partial charge is 0.0593 e. The standard InChI is InChI=1S/C10H22O.C10H22.C9H20/c1-9(2,3)7-8(11)10(4,5)6;1-9(2,3)7-8-10(4,5)6;1-8(2,3)7-9(4,5)6/h8,11H,7H2,1-6H3;7-8H2,1-6H3;7H2,1-6H3/t8-;;/m1../s1. The Kier molecular flexibility index (Phi) is 14.1. The number of hydrogen-bond donors (Lipinski definition) is 1. The molecule has 0 aromatic heterocycles. The Balaban J connectivity index is -0.000000366. The Morgan fingerprint density at radius 1 is 0.433 bits per heavy atom. The fourth-order valence-corrected chi connectivity index (χ4v) is 3.23. The van der Waals surface area contributed by atoms with Gasteiger partial charge in [0.1, 0.15) is 0 Å². The first-order valence-electron chi connectivity index (χ1n) is 12.2. The van der Waals surface area contributed by atoms with E-state index in [0.29, 0.717) is 21.7 Å². The molecular weight excluding hydrogens is 364 g/mol. The van der Waals surface area contributed by atoms with Gasteiger partial charge in [0.05, 0.1) is 6.10 Å². The van der Waals surface area contributed by atoms with Crippen LogP contribution in [0.5, 0.6) is 0 Å². The summed E-state index contributed by atoms with van der Waals surface area (Å²) in [4.78, 5) is 0. The molecule has 30 heavy (non-hydrogen) atoms. The van der Waals surface area contributed by atoms with Crippen LogP contribution in [0, 0.1) is 32.5 Å². The van der Waals surface area contributed by atoms with Crippen molar-refractivity contribution in [1.82, 2.24) is 0 Å². The molecule has 0 saturated carbocycles. The second-order valence-electron chi connectivity index (χ2n) is 16.6. The lowest BCUT2D eigenvalue weighted by atomic mass is 9.78. The molecule has 0 unspecified atom stereocenters. The van der Waals surface area contributed by atoms with Crippen LogP contribution in [0.1, 0.15) is 150 Å². The first kappa shape index (κ1) is 34.6. The van der Waals surface area contributed by atoms with Crippen molar-refractivity contribution in [2.45, 2.75) is 156 Å². The lowest BCUT2D eigenvalue weighted by molar-refractivity contribution is 0.0284. The molecule has 0 radical (unpaired) electrons. The van der Waals surface area contributed by atoms with Crippen molar-refractivity contribution in [1.29, 1.82) is 0 Å². The summed E-state index contributed by atoms with van der Waals surface area (Å²) >= 11 is 0. The third-order valence-corrected chi connectivity index (χ3v) is 4.49. The molecule has 1 heteroatoms. The fourth-order valence-electron chi connectivity index (χ4n) is 3.23. The summed E-state index contributed by atoms with van der Waals surface area (Å²) in [5.41, 5.74) is 2.23. The van der Waals surface area contributed by atoms with E-state index in [1.165, 1.54) is 19.3 Å². The highest BCUT2D eigenvalue weighted by Gasteiger charge is 2.26. The van der Waals surface area contributed by atoms with Gasteiger partial charge in [-0.15, -0.1) is 0 Å². The van der Waals surface area contributed by atoms with Crippen LogP contribution >= 0.6 is 0 Å². The van der Waals surface area contributed by atoms with Gasteiger partial charge in [0.25, 0.3) is 0 Å². The molecule has 0 bridgehead atoms. The second-order valence-corrected chi connectivity index (χ2v) is 16.6.